The van der Waals surface area contributed by atoms with Crippen molar-refractivity contribution in [1.29, 1.82) is 0 Å². The summed E-state index contributed by atoms with van der Waals surface area (Å²) in [6.07, 6.45) is 53.3. The zero-order valence-electron chi connectivity index (χ0n) is 37.0. The molecule has 0 radical (unpaired) electrons. The van der Waals surface area contributed by atoms with Crippen molar-refractivity contribution in [3.05, 3.63) is 85.1 Å². The molecule has 0 aromatic carbocycles. The van der Waals surface area contributed by atoms with E-state index in [-0.39, 0.29) is 19.1 Å². The average molecular weight is 818 g/mol. The lowest BCUT2D eigenvalue weighted by Gasteiger charge is -2.26. The van der Waals surface area contributed by atoms with Crippen molar-refractivity contribution < 1.29 is 32.9 Å². The quantitative estimate of drug-likeness (QED) is 0.0247. The molecule has 0 saturated carbocycles. The molecule has 0 bridgehead atoms. The van der Waals surface area contributed by atoms with E-state index in [2.05, 4.69) is 104 Å². The lowest BCUT2D eigenvalue weighted by Crippen LogP contribution is -2.46. The molecule has 0 rings (SSSR count). The number of hydrogen-bond acceptors (Lipinski definition) is 5. The van der Waals surface area contributed by atoms with Gasteiger partial charge in [-0.3, -0.25) is 13.8 Å². The molecule has 0 spiro atoms. The molecule has 0 aromatic rings. The number of likely N-dealkylation sites (N-methyl/N-ethyl adjacent to an activating group) is 1. The fourth-order valence-electron chi connectivity index (χ4n) is 5.86. The van der Waals surface area contributed by atoms with Crippen LogP contribution in [-0.4, -0.2) is 73.4 Å². The normalized spacial score (nSPS) is 15.1. The molecule has 0 aliphatic rings. The summed E-state index contributed by atoms with van der Waals surface area (Å²) in [4.78, 5) is 23.1. The van der Waals surface area contributed by atoms with Gasteiger partial charge in [-0.1, -0.05) is 176 Å². The van der Waals surface area contributed by atoms with Gasteiger partial charge in [-0.15, -0.1) is 0 Å². The molecule has 0 saturated heterocycles. The number of allylic oxidation sites excluding steroid dienone is 14. The van der Waals surface area contributed by atoms with Crippen molar-refractivity contribution in [2.24, 2.45) is 0 Å². The highest BCUT2D eigenvalue weighted by Crippen LogP contribution is 2.43. The Bertz CT molecular complexity index is 1200. The maximum atomic E-state index is 12.9. The highest BCUT2D eigenvalue weighted by Gasteiger charge is 2.28. The van der Waals surface area contributed by atoms with Crippen molar-refractivity contribution in [1.82, 2.24) is 5.32 Å². The molecule has 0 fully saturated rings. The first kappa shape index (κ1) is 54.7. The Balaban J connectivity index is 4.47. The third kappa shape index (κ3) is 41.6. The number of phosphoric acid groups is 1. The number of nitrogens with one attached hydrogen (secondary N) is 1. The Morgan fingerprint density at radius 2 is 1.04 bits per heavy atom. The molecule has 3 atom stereocenters. The summed E-state index contributed by atoms with van der Waals surface area (Å²) in [5.41, 5.74) is 0. The van der Waals surface area contributed by atoms with Gasteiger partial charge in [0.15, 0.2) is 0 Å². The lowest BCUT2D eigenvalue weighted by molar-refractivity contribution is -0.870. The fourth-order valence-corrected chi connectivity index (χ4v) is 6.59. The van der Waals surface area contributed by atoms with E-state index < -0.39 is 20.0 Å². The van der Waals surface area contributed by atoms with Gasteiger partial charge in [0.05, 0.1) is 39.9 Å². The third-order valence-corrected chi connectivity index (χ3v) is 10.4. The van der Waals surface area contributed by atoms with Crippen LogP contribution in [0.3, 0.4) is 0 Å². The number of carbonyl (C=O) groups excluding carboxylic acids is 1. The van der Waals surface area contributed by atoms with Gasteiger partial charge in [0.1, 0.15) is 13.2 Å². The van der Waals surface area contributed by atoms with Crippen LogP contribution in [0.2, 0.25) is 0 Å². The number of rotatable bonds is 39. The second kappa shape index (κ2) is 39.2. The van der Waals surface area contributed by atoms with Crippen molar-refractivity contribution in [2.75, 3.05) is 40.9 Å². The van der Waals surface area contributed by atoms with Crippen LogP contribution in [0.1, 0.15) is 162 Å². The number of hydrogen-bond donors (Lipinski definition) is 3. The highest BCUT2D eigenvalue weighted by atomic mass is 31.2. The molecule has 0 aromatic heterocycles. The molecule has 0 aliphatic carbocycles. The minimum absolute atomic E-state index is 0.0589. The summed E-state index contributed by atoms with van der Waals surface area (Å²) in [6, 6.07) is -0.795. The molecular formula is C48H86N2O6P+. The first-order chi connectivity index (χ1) is 27.5. The maximum Gasteiger partial charge on any atom is 0.472 e. The van der Waals surface area contributed by atoms with Crippen LogP contribution in [0.25, 0.3) is 0 Å². The van der Waals surface area contributed by atoms with Gasteiger partial charge in [-0.2, -0.15) is 0 Å². The topological polar surface area (TPSA) is 105 Å². The Labute approximate surface area is 350 Å². The van der Waals surface area contributed by atoms with Crippen LogP contribution in [0.15, 0.2) is 85.1 Å². The number of nitrogens with zero attached hydrogens (tertiary/aromatic N) is 1. The minimum atomic E-state index is -4.33. The van der Waals surface area contributed by atoms with Crippen LogP contribution >= 0.6 is 7.82 Å². The fraction of sp³-hybridized carbons (Fsp3) is 0.688. The van der Waals surface area contributed by atoms with E-state index in [0.29, 0.717) is 30.3 Å². The summed E-state index contributed by atoms with van der Waals surface area (Å²) < 4.78 is 23.6. The Morgan fingerprint density at radius 3 is 1.47 bits per heavy atom. The van der Waals surface area contributed by atoms with E-state index >= 15 is 0 Å². The zero-order chi connectivity index (χ0) is 42.1. The summed E-state index contributed by atoms with van der Waals surface area (Å²) in [6.45, 7) is 4.70. The van der Waals surface area contributed by atoms with Gasteiger partial charge in [-0.25, -0.2) is 4.57 Å². The summed E-state index contributed by atoms with van der Waals surface area (Å²) in [5.74, 6) is -0.207. The van der Waals surface area contributed by atoms with Crippen molar-refractivity contribution in [3.8, 4) is 0 Å². The first-order valence-electron chi connectivity index (χ1n) is 22.5. The molecule has 3 unspecified atom stereocenters. The standard InChI is InChI=1S/C48H85N2O6P/c1-6-8-10-12-14-16-18-20-21-22-23-24-25-26-27-28-29-30-32-34-36-38-40-42-48(52)49-46(45-56-57(53,54)55-44-43-50(3,4)5)47(51)41-39-37-35-33-31-19-17-15-13-11-9-7-2/h8,10,14,16,20-21,23-24,26-27,29-30,34,36,46-47,51H,6-7,9,11-13,15,17-19,22,25,28,31-33,35,37-45H2,1-5H3,(H-,49,52,53,54)/p+1/b10-8-,16-14-,21-20-,24-23-,27-26-,30-29-,36-34-. The number of quaternary nitrogens is 1. The number of amides is 1. The summed E-state index contributed by atoms with van der Waals surface area (Å²) in [5, 5.41) is 13.9. The first-order valence-corrected chi connectivity index (χ1v) is 23.9. The third-order valence-electron chi connectivity index (χ3n) is 9.41. The van der Waals surface area contributed by atoms with Gasteiger partial charge < -0.3 is 19.8 Å². The van der Waals surface area contributed by atoms with Crippen LogP contribution < -0.4 is 5.32 Å². The Hall–Kier alpha value is -2.32. The monoisotopic (exact) mass is 818 g/mol. The van der Waals surface area contributed by atoms with Crippen LogP contribution in [0.5, 0.6) is 0 Å². The van der Waals surface area contributed by atoms with Gasteiger partial charge in [-0.05, 0) is 64.2 Å². The molecule has 57 heavy (non-hydrogen) atoms. The van der Waals surface area contributed by atoms with E-state index in [1.54, 1.807) is 0 Å². The largest absolute Gasteiger partial charge is 0.472 e. The predicted molar refractivity (Wildman–Crippen MR) is 244 cm³/mol. The molecule has 9 heteroatoms. The molecule has 0 heterocycles. The number of carbonyl (C=O) groups is 1. The second-order valence-electron chi connectivity index (χ2n) is 16.0. The number of phosphoric ester groups is 1. The van der Waals surface area contributed by atoms with Crippen molar-refractivity contribution >= 4 is 13.7 Å². The van der Waals surface area contributed by atoms with E-state index in [0.717, 1.165) is 70.6 Å². The Kier molecular flexibility index (Phi) is 37.6. The SMILES string of the molecule is CC/C=C\C/C=C\C/C=C\C/C=C\C/C=C\C/C=C\C/C=C\CCCC(=O)NC(COP(=O)(O)OCC[N+](C)(C)C)C(O)CCCCCCCCCCCCCC. The van der Waals surface area contributed by atoms with Crippen molar-refractivity contribution in [3.63, 3.8) is 0 Å². The van der Waals surface area contributed by atoms with Gasteiger partial charge >= 0.3 is 7.82 Å². The van der Waals surface area contributed by atoms with Gasteiger partial charge in [0.2, 0.25) is 5.91 Å². The molecule has 3 N–H and O–H groups in total. The van der Waals surface area contributed by atoms with E-state index in [4.69, 9.17) is 9.05 Å². The maximum absolute atomic E-state index is 12.9. The van der Waals surface area contributed by atoms with Gasteiger partial charge in [0, 0.05) is 6.42 Å². The number of aliphatic hydroxyl groups excluding tert-OH is 1. The van der Waals surface area contributed by atoms with Gasteiger partial charge in [0.25, 0.3) is 0 Å². The van der Waals surface area contributed by atoms with Crippen LogP contribution in [0.4, 0.5) is 0 Å². The van der Waals surface area contributed by atoms with E-state index in [1.807, 2.05) is 21.1 Å². The Morgan fingerprint density at radius 1 is 0.614 bits per heavy atom. The smallest absolute Gasteiger partial charge is 0.391 e. The van der Waals surface area contributed by atoms with Crippen LogP contribution in [0, 0.1) is 0 Å². The summed E-state index contributed by atoms with van der Waals surface area (Å²) in [7, 11) is 1.56. The second-order valence-corrected chi connectivity index (χ2v) is 17.5. The zero-order valence-corrected chi connectivity index (χ0v) is 37.9. The minimum Gasteiger partial charge on any atom is -0.391 e. The lowest BCUT2D eigenvalue weighted by atomic mass is 10.0. The average Bonchev–Trinajstić information content (AvgIpc) is 3.16. The molecule has 1 amide bonds. The highest BCUT2D eigenvalue weighted by molar-refractivity contribution is 7.47. The summed E-state index contributed by atoms with van der Waals surface area (Å²) >= 11 is 0. The molecule has 0 aliphatic heterocycles. The predicted octanol–water partition coefficient (Wildman–Crippen LogP) is 12.6. The molecule has 328 valence electrons. The van der Waals surface area contributed by atoms with Crippen LogP contribution in [-0.2, 0) is 18.4 Å². The molecule has 8 nitrogen and oxygen atoms in total. The van der Waals surface area contributed by atoms with E-state index in [9.17, 15) is 19.4 Å². The number of aliphatic hydroxyl groups is 1. The van der Waals surface area contributed by atoms with Crippen molar-refractivity contribution in [2.45, 2.75) is 174 Å². The number of unbranched alkanes of at least 4 members (excludes halogenated alkanes) is 12. The molecular weight excluding hydrogens is 732 g/mol. The van der Waals surface area contributed by atoms with E-state index in [1.165, 1.54) is 57.8 Å².